The molecule has 0 N–H and O–H groups in total. The van der Waals surface area contributed by atoms with Gasteiger partial charge in [-0.05, 0) is 36.1 Å². The molecule has 1 aliphatic heterocycles. The van der Waals surface area contributed by atoms with Crippen molar-refractivity contribution in [2.75, 3.05) is 13.1 Å². The number of thioether (sulfide) groups is 1. The molecule has 1 saturated heterocycles. The normalized spacial score (nSPS) is 14.6. The minimum absolute atomic E-state index is 0.132. The molecular formula is C25H24N4O2S. The Bertz CT molecular complexity index is 1150. The van der Waals surface area contributed by atoms with Crippen LogP contribution in [0, 0.1) is 0 Å². The predicted octanol–water partition coefficient (Wildman–Crippen LogP) is 5.04. The fourth-order valence-corrected chi connectivity index (χ4v) is 5.09. The van der Waals surface area contributed by atoms with Crippen molar-refractivity contribution < 1.29 is 9.21 Å². The van der Waals surface area contributed by atoms with Crippen LogP contribution in [0.4, 0.5) is 0 Å². The van der Waals surface area contributed by atoms with E-state index < -0.39 is 0 Å². The lowest BCUT2D eigenvalue weighted by molar-refractivity contribution is -0.129. The van der Waals surface area contributed by atoms with Gasteiger partial charge >= 0.3 is 0 Å². The second-order valence-electron chi connectivity index (χ2n) is 7.80. The van der Waals surface area contributed by atoms with Crippen LogP contribution in [0.2, 0.25) is 0 Å². The maximum Gasteiger partial charge on any atom is 0.240 e. The average molecular weight is 445 g/mol. The zero-order valence-corrected chi connectivity index (χ0v) is 18.4. The lowest BCUT2D eigenvalue weighted by Crippen LogP contribution is -2.31. The summed E-state index contributed by atoms with van der Waals surface area (Å²) in [6.07, 6.45) is 3.75. The summed E-state index contributed by atoms with van der Waals surface area (Å²) in [4.78, 5) is 15.5. The highest BCUT2D eigenvalue weighted by molar-refractivity contribution is 8.00. The van der Waals surface area contributed by atoms with Crippen molar-refractivity contribution in [2.24, 2.45) is 0 Å². The molecule has 0 aliphatic carbocycles. The van der Waals surface area contributed by atoms with Crippen molar-refractivity contribution in [1.82, 2.24) is 19.7 Å². The number of amides is 1. The summed E-state index contributed by atoms with van der Waals surface area (Å²) in [5.41, 5.74) is 2.10. The summed E-state index contributed by atoms with van der Waals surface area (Å²) >= 11 is 1.46. The van der Waals surface area contributed by atoms with Crippen LogP contribution in [0.5, 0.6) is 0 Å². The van der Waals surface area contributed by atoms with Crippen molar-refractivity contribution in [3.05, 3.63) is 90.2 Å². The van der Waals surface area contributed by atoms with Crippen molar-refractivity contribution in [3.63, 3.8) is 0 Å². The van der Waals surface area contributed by atoms with Gasteiger partial charge in [-0.15, -0.1) is 10.2 Å². The second kappa shape index (κ2) is 9.44. The molecule has 2 aromatic heterocycles. The number of rotatable bonds is 7. The third kappa shape index (κ3) is 4.34. The minimum Gasteiger partial charge on any atom is -0.461 e. The molecule has 4 aromatic rings. The van der Waals surface area contributed by atoms with E-state index in [1.54, 1.807) is 6.26 Å². The Balaban J connectivity index is 1.52. The zero-order valence-electron chi connectivity index (χ0n) is 17.6. The molecule has 2 aromatic carbocycles. The number of furan rings is 1. The predicted molar refractivity (Wildman–Crippen MR) is 124 cm³/mol. The molecule has 32 heavy (non-hydrogen) atoms. The first kappa shape index (κ1) is 20.6. The van der Waals surface area contributed by atoms with Crippen LogP contribution < -0.4 is 0 Å². The number of hydrogen-bond acceptors (Lipinski definition) is 5. The average Bonchev–Trinajstić information content (AvgIpc) is 3.61. The van der Waals surface area contributed by atoms with Crippen LogP contribution in [0.15, 0.2) is 88.6 Å². The van der Waals surface area contributed by atoms with Crippen LogP contribution in [-0.4, -0.2) is 38.7 Å². The number of aromatic nitrogens is 3. The van der Waals surface area contributed by atoms with Gasteiger partial charge in [0.2, 0.25) is 11.7 Å². The monoisotopic (exact) mass is 444 g/mol. The topological polar surface area (TPSA) is 64.2 Å². The number of carbonyl (C=O) groups excluding carboxylic acids is 1. The van der Waals surface area contributed by atoms with Crippen molar-refractivity contribution in [1.29, 1.82) is 0 Å². The number of likely N-dealkylation sites (tertiary alicyclic amines) is 1. The van der Waals surface area contributed by atoms with Crippen LogP contribution in [-0.2, 0) is 11.3 Å². The quantitative estimate of drug-likeness (QED) is 0.374. The molecule has 1 fully saturated rings. The molecule has 6 nitrogen and oxygen atoms in total. The SMILES string of the molecule is O=C([C@H](Sc1nnc(-c2ccco2)n1Cc1ccccc1)c1ccccc1)N1CCCC1. The van der Waals surface area contributed by atoms with Crippen molar-refractivity contribution in [3.8, 4) is 11.6 Å². The summed E-state index contributed by atoms with van der Waals surface area (Å²) in [7, 11) is 0. The standard InChI is InChI=1S/C25H24N4O2S/c30-24(28-15-7-8-16-28)22(20-12-5-2-6-13-20)32-25-27-26-23(21-14-9-17-31-21)29(25)18-19-10-3-1-4-11-19/h1-6,9-14,17,22H,7-8,15-16,18H2/t22-/m1/s1. The summed E-state index contributed by atoms with van der Waals surface area (Å²) in [6, 6.07) is 23.8. The van der Waals surface area contributed by atoms with Crippen molar-refractivity contribution >= 4 is 17.7 Å². The van der Waals surface area contributed by atoms with E-state index in [9.17, 15) is 4.79 Å². The summed E-state index contributed by atoms with van der Waals surface area (Å²) in [5, 5.41) is 9.24. The first-order chi connectivity index (χ1) is 15.8. The van der Waals surface area contributed by atoms with Gasteiger partial charge in [-0.25, -0.2) is 0 Å². The van der Waals surface area contributed by atoms with Crippen LogP contribution in [0.3, 0.4) is 0 Å². The highest BCUT2D eigenvalue weighted by Crippen LogP contribution is 2.38. The molecule has 1 atom stereocenters. The first-order valence-electron chi connectivity index (χ1n) is 10.8. The number of nitrogens with zero attached hydrogens (tertiary/aromatic N) is 4. The third-order valence-electron chi connectivity index (χ3n) is 5.61. The summed E-state index contributed by atoms with van der Waals surface area (Å²) in [5.74, 6) is 1.44. The van der Waals surface area contributed by atoms with Gasteiger partial charge < -0.3 is 9.32 Å². The zero-order chi connectivity index (χ0) is 21.8. The van der Waals surface area contributed by atoms with E-state index in [0.29, 0.717) is 23.3 Å². The van der Waals surface area contributed by atoms with E-state index in [0.717, 1.165) is 37.1 Å². The molecule has 1 aliphatic rings. The second-order valence-corrected chi connectivity index (χ2v) is 8.87. The molecule has 5 rings (SSSR count). The first-order valence-corrected chi connectivity index (χ1v) is 11.7. The highest BCUT2D eigenvalue weighted by Gasteiger charge is 2.31. The van der Waals surface area contributed by atoms with Crippen LogP contribution >= 0.6 is 11.8 Å². The fraction of sp³-hybridized carbons (Fsp3) is 0.240. The van der Waals surface area contributed by atoms with Gasteiger partial charge in [-0.2, -0.15) is 0 Å². The van der Waals surface area contributed by atoms with Gasteiger partial charge in [-0.3, -0.25) is 9.36 Å². The molecular weight excluding hydrogens is 420 g/mol. The maximum absolute atomic E-state index is 13.5. The Morgan fingerprint density at radius 2 is 1.66 bits per heavy atom. The van der Waals surface area contributed by atoms with Gasteiger partial charge in [-0.1, -0.05) is 72.4 Å². The van der Waals surface area contributed by atoms with Crippen LogP contribution in [0.25, 0.3) is 11.6 Å². The van der Waals surface area contributed by atoms with Gasteiger partial charge in [0.15, 0.2) is 10.9 Å². The smallest absolute Gasteiger partial charge is 0.240 e. The lowest BCUT2D eigenvalue weighted by atomic mass is 10.1. The fourth-order valence-electron chi connectivity index (χ4n) is 3.97. The Hall–Kier alpha value is -3.32. The molecule has 0 spiro atoms. The molecule has 0 radical (unpaired) electrons. The lowest BCUT2D eigenvalue weighted by Gasteiger charge is -2.23. The number of carbonyl (C=O) groups is 1. The van der Waals surface area contributed by atoms with Gasteiger partial charge in [0.25, 0.3) is 0 Å². The number of benzene rings is 2. The van der Waals surface area contributed by atoms with Gasteiger partial charge in [0.1, 0.15) is 5.25 Å². The van der Waals surface area contributed by atoms with Crippen LogP contribution in [0.1, 0.15) is 29.2 Å². The van der Waals surface area contributed by atoms with Gasteiger partial charge in [0, 0.05) is 13.1 Å². The summed E-state index contributed by atoms with van der Waals surface area (Å²) in [6.45, 7) is 2.22. The molecule has 162 valence electrons. The molecule has 7 heteroatoms. The largest absolute Gasteiger partial charge is 0.461 e. The van der Waals surface area contributed by atoms with E-state index in [2.05, 4.69) is 22.3 Å². The Morgan fingerprint density at radius 1 is 0.938 bits per heavy atom. The minimum atomic E-state index is -0.377. The Labute approximate surface area is 191 Å². The molecule has 1 amide bonds. The van der Waals surface area contributed by atoms with E-state index in [1.807, 2.05) is 70.1 Å². The third-order valence-corrected chi connectivity index (χ3v) is 6.83. The number of hydrogen-bond donors (Lipinski definition) is 0. The Kier molecular flexibility index (Phi) is 6.07. The van der Waals surface area contributed by atoms with Crippen molar-refractivity contribution in [2.45, 2.75) is 29.8 Å². The van der Waals surface area contributed by atoms with E-state index in [4.69, 9.17) is 4.42 Å². The highest BCUT2D eigenvalue weighted by atomic mass is 32.2. The maximum atomic E-state index is 13.5. The molecule has 0 unspecified atom stereocenters. The molecule has 3 heterocycles. The van der Waals surface area contributed by atoms with E-state index >= 15 is 0 Å². The van der Waals surface area contributed by atoms with E-state index in [1.165, 1.54) is 11.8 Å². The van der Waals surface area contributed by atoms with Gasteiger partial charge in [0.05, 0.1) is 12.8 Å². The molecule has 0 bridgehead atoms. The Morgan fingerprint density at radius 3 is 2.34 bits per heavy atom. The summed E-state index contributed by atoms with van der Waals surface area (Å²) < 4.78 is 7.66. The molecule has 0 saturated carbocycles. The van der Waals surface area contributed by atoms with E-state index in [-0.39, 0.29) is 11.2 Å².